The SMILES string of the molecule is CNC12CCCCC1Cc1cc(OC)ccc12. The van der Waals surface area contributed by atoms with Crippen LogP contribution in [0.5, 0.6) is 5.75 Å². The van der Waals surface area contributed by atoms with E-state index in [0.29, 0.717) is 0 Å². The molecule has 1 aromatic rings. The van der Waals surface area contributed by atoms with E-state index in [1.54, 1.807) is 7.11 Å². The maximum atomic E-state index is 5.34. The van der Waals surface area contributed by atoms with E-state index < -0.39 is 0 Å². The molecule has 2 aliphatic carbocycles. The van der Waals surface area contributed by atoms with Crippen LogP contribution in [0.1, 0.15) is 36.8 Å². The van der Waals surface area contributed by atoms with Gasteiger partial charge < -0.3 is 10.1 Å². The first-order valence-corrected chi connectivity index (χ1v) is 6.66. The van der Waals surface area contributed by atoms with Gasteiger partial charge in [-0.05, 0) is 55.5 Å². The third-order valence-corrected chi connectivity index (χ3v) is 4.78. The van der Waals surface area contributed by atoms with E-state index in [4.69, 9.17) is 4.74 Å². The molecule has 0 aliphatic heterocycles. The summed E-state index contributed by atoms with van der Waals surface area (Å²) >= 11 is 0. The largest absolute Gasteiger partial charge is 0.497 e. The highest BCUT2D eigenvalue weighted by Crippen LogP contribution is 2.50. The molecule has 2 unspecified atom stereocenters. The molecule has 1 fully saturated rings. The molecule has 2 heteroatoms. The van der Waals surface area contributed by atoms with E-state index in [9.17, 15) is 0 Å². The molecule has 0 spiro atoms. The van der Waals surface area contributed by atoms with Crippen molar-refractivity contribution in [2.24, 2.45) is 5.92 Å². The minimum Gasteiger partial charge on any atom is -0.497 e. The molecule has 92 valence electrons. The van der Waals surface area contributed by atoms with Crippen molar-refractivity contribution in [1.29, 1.82) is 0 Å². The van der Waals surface area contributed by atoms with Gasteiger partial charge in [-0.1, -0.05) is 18.9 Å². The number of fused-ring (bicyclic) bond motifs is 3. The maximum absolute atomic E-state index is 5.34. The van der Waals surface area contributed by atoms with Crippen LogP contribution in [-0.4, -0.2) is 14.2 Å². The Hall–Kier alpha value is -1.02. The molecule has 0 amide bonds. The molecule has 1 saturated carbocycles. The van der Waals surface area contributed by atoms with Gasteiger partial charge in [0.05, 0.1) is 7.11 Å². The van der Waals surface area contributed by atoms with Gasteiger partial charge in [-0.2, -0.15) is 0 Å². The molecular formula is C15H21NO. The highest BCUT2D eigenvalue weighted by Gasteiger charge is 2.46. The predicted molar refractivity (Wildman–Crippen MR) is 69.4 cm³/mol. The lowest BCUT2D eigenvalue weighted by molar-refractivity contribution is 0.171. The molecule has 1 N–H and O–H groups in total. The Balaban J connectivity index is 2.06. The number of benzene rings is 1. The molecule has 0 heterocycles. The van der Waals surface area contributed by atoms with E-state index in [-0.39, 0.29) is 5.54 Å². The zero-order chi connectivity index (χ0) is 11.9. The maximum Gasteiger partial charge on any atom is 0.119 e. The lowest BCUT2D eigenvalue weighted by Crippen LogP contribution is -2.45. The lowest BCUT2D eigenvalue weighted by atomic mass is 9.73. The summed E-state index contributed by atoms with van der Waals surface area (Å²) in [6.07, 6.45) is 6.60. The summed E-state index contributed by atoms with van der Waals surface area (Å²) in [6, 6.07) is 6.61. The lowest BCUT2D eigenvalue weighted by Gasteiger charge is -2.40. The van der Waals surface area contributed by atoms with Crippen LogP contribution in [0.3, 0.4) is 0 Å². The fourth-order valence-electron chi connectivity index (χ4n) is 3.91. The predicted octanol–water partition coefficient (Wildman–Crippen LogP) is 2.86. The second kappa shape index (κ2) is 4.02. The fraction of sp³-hybridized carbons (Fsp3) is 0.600. The summed E-state index contributed by atoms with van der Waals surface area (Å²) in [7, 11) is 3.87. The first-order chi connectivity index (χ1) is 8.30. The molecule has 2 nitrogen and oxygen atoms in total. The molecule has 3 rings (SSSR count). The molecule has 2 aliphatic rings. The summed E-state index contributed by atoms with van der Waals surface area (Å²) in [5.74, 6) is 1.78. The van der Waals surface area contributed by atoms with Crippen LogP contribution in [0.25, 0.3) is 0 Å². The van der Waals surface area contributed by atoms with Gasteiger partial charge in [-0.3, -0.25) is 0 Å². The van der Waals surface area contributed by atoms with Gasteiger partial charge in [0.2, 0.25) is 0 Å². The summed E-state index contributed by atoms with van der Waals surface area (Å²) in [6.45, 7) is 0. The second-order valence-electron chi connectivity index (χ2n) is 5.39. The van der Waals surface area contributed by atoms with Crippen molar-refractivity contribution in [2.45, 2.75) is 37.6 Å². The Morgan fingerprint density at radius 3 is 3.00 bits per heavy atom. The van der Waals surface area contributed by atoms with E-state index in [1.165, 1.54) is 43.2 Å². The Morgan fingerprint density at radius 2 is 2.24 bits per heavy atom. The van der Waals surface area contributed by atoms with Crippen LogP contribution in [0.15, 0.2) is 18.2 Å². The van der Waals surface area contributed by atoms with Gasteiger partial charge in [0.1, 0.15) is 5.75 Å². The van der Waals surface area contributed by atoms with E-state index in [1.807, 2.05) is 0 Å². The molecule has 17 heavy (non-hydrogen) atoms. The summed E-state index contributed by atoms with van der Waals surface area (Å²) in [5, 5.41) is 3.63. The van der Waals surface area contributed by atoms with Crippen LogP contribution in [0.4, 0.5) is 0 Å². The van der Waals surface area contributed by atoms with Gasteiger partial charge in [-0.25, -0.2) is 0 Å². The van der Waals surface area contributed by atoms with Crippen LogP contribution in [0, 0.1) is 5.92 Å². The average molecular weight is 231 g/mol. The fourth-order valence-corrected chi connectivity index (χ4v) is 3.91. The van der Waals surface area contributed by atoms with Crippen molar-refractivity contribution in [1.82, 2.24) is 5.32 Å². The van der Waals surface area contributed by atoms with Crippen molar-refractivity contribution in [3.63, 3.8) is 0 Å². The first kappa shape index (κ1) is 11.1. The highest BCUT2D eigenvalue weighted by molar-refractivity contribution is 5.45. The van der Waals surface area contributed by atoms with Gasteiger partial charge in [0.15, 0.2) is 0 Å². The van der Waals surface area contributed by atoms with Gasteiger partial charge in [0.25, 0.3) is 0 Å². The van der Waals surface area contributed by atoms with E-state index in [0.717, 1.165) is 11.7 Å². The molecule has 2 atom stereocenters. The molecule has 0 radical (unpaired) electrons. The van der Waals surface area contributed by atoms with Crippen LogP contribution in [0.2, 0.25) is 0 Å². The number of nitrogens with one attached hydrogen (secondary N) is 1. The van der Waals surface area contributed by atoms with Crippen LogP contribution < -0.4 is 10.1 Å². The number of ether oxygens (including phenoxy) is 1. The number of rotatable bonds is 2. The Bertz CT molecular complexity index is 429. The van der Waals surface area contributed by atoms with Crippen molar-refractivity contribution < 1.29 is 4.74 Å². The zero-order valence-electron chi connectivity index (χ0n) is 10.8. The number of methoxy groups -OCH3 is 1. The van der Waals surface area contributed by atoms with Crippen molar-refractivity contribution in [2.75, 3.05) is 14.2 Å². The number of hydrogen-bond acceptors (Lipinski definition) is 2. The summed E-state index contributed by atoms with van der Waals surface area (Å²) in [4.78, 5) is 0. The van der Waals surface area contributed by atoms with Crippen molar-refractivity contribution in [3.8, 4) is 5.75 Å². The van der Waals surface area contributed by atoms with Gasteiger partial charge in [0, 0.05) is 5.54 Å². The third kappa shape index (κ3) is 1.50. The van der Waals surface area contributed by atoms with Crippen molar-refractivity contribution >= 4 is 0 Å². The quantitative estimate of drug-likeness (QED) is 0.845. The topological polar surface area (TPSA) is 21.3 Å². The molecule has 0 saturated heterocycles. The summed E-state index contributed by atoms with van der Waals surface area (Å²) in [5.41, 5.74) is 3.26. The minimum absolute atomic E-state index is 0.250. The Kier molecular flexibility index (Phi) is 2.62. The standard InChI is InChI=1S/C15H21NO/c1-16-15-8-4-3-5-12(15)9-11-10-13(17-2)6-7-14(11)15/h6-7,10,12,16H,3-5,8-9H2,1-2H3. The first-order valence-electron chi connectivity index (χ1n) is 6.66. The van der Waals surface area contributed by atoms with Crippen LogP contribution >= 0.6 is 0 Å². The smallest absolute Gasteiger partial charge is 0.119 e. The number of hydrogen-bond donors (Lipinski definition) is 1. The monoisotopic (exact) mass is 231 g/mol. The Morgan fingerprint density at radius 1 is 1.35 bits per heavy atom. The highest BCUT2D eigenvalue weighted by atomic mass is 16.5. The molecule has 0 aromatic heterocycles. The van der Waals surface area contributed by atoms with E-state index in [2.05, 4.69) is 30.6 Å². The van der Waals surface area contributed by atoms with Gasteiger partial charge >= 0.3 is 0 Å². The zero-order valence-corrected chi connectivity index (χ0v) is 10.8. The Labute approximate surface area is 103 Å². The van der Waals surface area contributed by atoms with Crippen molar-refractivity contribution in [3.05, 3.63) is 29.3 Å². The van der Waals surface area contributed by atoms with E-state index >= 15 is 0 Å². The van der Waals surface area contributed by atoms with Gasteiger partial charge in [-0.15, -0.1) is 0 Å². The third-order valence-electron chi connectivity index (χ3n) is 4.78. The summed E-state index contributed by atoms with van der Waals surface area (Å²) < 4.78 is 5.34. The molecule has 1 aromatic carbocycles. The minimum atomic E-state index is 0.250. The van der Waals surface area contributed by atoms with Crippen LogP contribution in [-0.2, 0) is 12.0 Å². The average Bonchev–Trinajstić information content (AvgIpc) is 2.72. The molecule has 0 bridgehead atoms. The normalized spacial score (nSPS) is 30.8. The second-order valence-corrected chi connectivity index (χ2v) is 5.39. The molecular weight excluding hydrogens is 210 g/mol.